The Morgan fingerprint density at radius 1 is 1.04 bits per heavy atom. The zero-order chi connectivity index (χ0) is 17.2. The van der Waals surface area contributed by atoms with Gasteiger partial charge in [0.05, 0.1) is 0 Å². The van der Waals surface area contributed by atoms with E-state index in [0.29, 0.717) is 0 Å². The summed E-state index contributed by atoms with van der Waals surface area (Å²) in [5.41, 5.74) is 4.45. The second-order valence-corrected chi connectivity index (χ2v) is 7.65. The molecule has 0 aliphatic carbocycles. The van der Waals surface area contributed by atoms with Crippen molar-refractivity contribution in [1.29, 1.82) is 0 Å². The van der Waals surface area contributed by atoms with Crippen LogP contribution in [0.3, 0.4) is 0 Å². The third-order valence-corrected chi connectivity index (χ3v) is 5.58. The second kappa shape index (κ2) is 7.21. The SMILES string of the molecule is C[I-]Oc1ccc(-c2nc3ccc(N4CCN(C)CC4)cc3[nH]2)cc1. The van der Waals surface area contributed by atoms with Crippen LogP contribution in [0, 0.1) is 0 Å². The van der Waals surface area contributed by atoms with E-state index in [4.69, 9.17) is 8.05 Å². The molecule has 1 aliphatic rings. The Morgan fingerprint density at radius 3 is 2.52 bits per heavy atom. The fraction of sp³-hybridized carbons (Fsp3) is 0.316. The Labute approximate surface area is 158 Å². The van der Waals surface area contributed by atoms with Crippen LogP contribution in [0.4, 0.5) is 5.69 Å². The van der Waals surface area contributed by atoms with Gasteiger partial charge in [0.2, 0.25) is 0 Å². The zero-order valence-electron chi connectivity index (χ0n) is 14.5. The average Bonchev–Trinajstić information content (AvgIpc) is 3.06. The van der Waals surface area contributed by atoms with E-state index < -0.39 is 0 Å². The molecule has 1 aromatic heterocycles. The van der Waals surface area contributed by atoms with Crippen molar-refractivity contribution in [3.63, 3.8) is 0 Å². The van der Waals surface area contributed by atoms with Gasteiger partial charge in [-0.05, 0) is 7.05 Å². The Morgan fingerprint density at radius 2 is 1.80 bits per heavy atom. The molecule has 25 heavy (non-hydrogen) atoms. The first-order chi connectivity index (χ1) is 12.2. The maximum absolute atomic E-state index is 5.62. The predicted molar refractivity (Wildman–Crippen MR) is 97.8 cm³/mol. The number of rotatable bonds is 4. The molecular formula is C19H22IN4O-. The van der Waals surface area contributed by atoms with Crippen molar-refractivity contribution in [3.8, 4) is 17.1 Å². The van der Waals surface area contributed by atoms with E-state index in [2.05, 4.69) is 57.1 Å². The fourth-order valence-electron chi connectivity index (χ4n) is 3.15. The van der Waals surface area contributed by atoms with Crippen molar-refractivity contribution < 1.29 is 24.7 Å². The van der Waals surface area contributed by atoms with Crippen LogP contribution in [-0.2, 0) is 0 Å². The molecular weight excluding hydrogens is 427 g/mol. The number of hydrogen-bond acceptors (Lipinski definition) is 4. The number of hydrogen-bond donors (Lipinski definition) is 1. The minimum atomic E-state index is -0.198. The predicted octanol–water partition coefficient (Wildman–Crippen LogP) is -0.00570. The molecule has 0 bridgehead atoms. The quantitative estimate of drug-likeness (QED) is 0.450. The Kier molecular flexibility index (Phi) is 4.80. The van der Waals surface area contributed by atoms with E-state index in [1.54, 1.807) is 0 Å². The van der Waals surface area contributed by atoms with Crippen LogP contribution >= 0.6 is 0 Å². The van der Waals surface area contributed by atoms with Crippen molar-refractivity contribution in [1.82, 2.24) is 14.9 Å². The van der Waals surface area contributed by atoms with Crippen LogP contribution < -0.4 is 29.6 Å². The van der Waals surface area contributed by atoms with Gasteiger partial charge in [0, 0.05) is 13.1 Å². The Balaban J connectivity index is 1.59. The summed E-state index contributed by atoms with van der Waals surface area (Å²) in [6.07, 6.45) is 0. The van der Waals surface area contributed by atoms with Gasteiger partial charge in [-0.1, -0.05) is 0 Å². The standard InChI is InChI=1S/C19H22IN4O/c1-20-25-16-6-3-14(4-7-16)19-21-17-8-5-15(13-18(17)22-19)24-11-9-23(2)10-12-24/h3-8,13H,9-12H2,1-2H3,(H,21,22)/q-1. The van der Waals surface area contributed by atoms with E-state index in [9.17, 15) is 0 Å². The summed E-state index contributed by atoms with van der Waals surface area (Å²) in [4.78, 5) is 15.1. The number of likely N-dealkylation sites (N-methyl/N-ethyl adjacent to an activating group) is 1. The van der Waals surface area contributed by atoms with Crippen LogP contribution in [-0.4, -0.2) is 53.0 Å². The first kappa shape index (κ1) is 16.7. The number of piperazine rings is 1. The van der Waals surface area contributed by atoms with Crippen molar-refractivity contribution in [3.05, 3.63) is 42.5 Å². The number of halogens is 1. The van der Waals surface area contributed by atoms with Gasteiger partial charge >= 0.3 is 134 Å². The molecule has 0 radical (unpaired) electrons. The van der Waals surface area contributed by atoms with Crippen LogP contribution in [0.15, 0.2) is 42.5 Å². The van der Waals surface area contributed by atoms with Crippen molar-refractivity contribution >= 4 is 16.7 Å². The maximum atomic E-state index is 5.62. The number of nitrogens with one attached hydrogen (secondary N) is 1. The molecule has 5 nitrogen and oxygen atoms in total. The summed E-state index contributed by atoms with van der Waals surface area (Å²) < 4.78 is 5.62. The van der Waals surface area contributed by atoms with Crippen molar-refractivity contribution in [2.75, 3.05) is 43.1 Å². The minimum absolute atomic E-state index is 0.198. The van der Waals surface area contributed by atoms with E-state index in [0.717, 1.165) is 54.3 Å². The first-order valence-electron chi connectivity index (χ1n) is 8.43. The molecule has 0 spiro atoms. The number of fused-ring (bicyclic) bond motifs is 1. The monoisotopic (exact) mass is 449 g/mol. The van der Waals surface area contributed by atoms with Gasteiger partial charge in [0.1, 0.15) is 0 Å². The van der Waals surface area contributed by atoms with Gasteiger partial charge in [-0.3, -0.25) is 0 Å². The molecule has 2 heterocycles. The number of nitrogens with zero attached hydrogens (tertiary/aromatic N) is 3. The molecule has 1 saturated heterocycles. The van der Waals surface area contributed by atoms with Crippen molar-refractivity contribution in [2.45, 2.75) is 0 Å². The second-order valence-electron chi connectivity index (χ2n) is 6.33. The molecule has 0 saturated carbocycles. The summed E-state index contributed by atoms with van der Waals surface area (Å²) in [5, 5.41) is 0. The number of anilines is 1. The molecule has 6 heteroatoms. The number of aromatic amines is 1. The molecule has 1 N–H and O–H groups in total. The number of H-pyrrole nitrogens is 1. The van der Waals surface area contributed by atoms with Gasteiger partial charge in [0.15, 0.2) is 0 Å². The van der Waals surface area contributed by atoms with E-state index in [-0.39, 0.29) is 21.6 Å². The summed E-state index contributed by atoms with van der Waals surface area (Å²) >= 11 is -0.198. The Hall–Kier alpha value is -1.80. The summed E-state index contributed by atoms with van der Waals surface area (Å²) in [5.74, 6) is 1.84. The molecule has 0 atom stereocenters. The average molecular weight is 449 g/mol. The fourth-order valence-corrected chi connectivity index (χ4v) is 3.95. The van der Waals surface area contributed by atoms with Gasteiger partial charge in [0.25, 0.3) is 0 Å². The van der Waals surface area contributed by atoms with Crippen LogP contribution in [0.1, 0.15) is 0 Å². The topological polar surface area (TPSA) is 44.4 Å². The number of aromatic nitrogens is 2. The summed E-state index contributed by atoms with van der Waals surface area (Å²) in [7, 11) is 2.18. The van der Waals surface area contributed by atoms with E-state index in [1.807, 2.05) is 12.1 Å². The van der Waals surface area contributed by atoms with E-state index in [1.165, 1.54) is 5.69 Å². The molecule has 2 aromatic carbocycles. The zero-order valence-corrected chi connectivity index (χ0v) is 16.7. The Bertz CT molecular complexity index is 853. The van der Waals surface area contributed by atoms with Gasteiger partial charge in [-0.15, -0.1) is 0 Å². The molecule has 3 aromatic rings. The third-order valence-electron chi connectivity index (χ3n) is 4.63. The molecule has 4 rings (SSSR count). The van der Waals surface area contributed by atoms with Crippen LogP contribution in [0.25, 0.3) is 22.4 Å². The molecule has 0 amide bonds. The van der Waals surface area contributed by atoms with Crippen LogP contribution in [0.2, 0.25) is 0 Å². The molecule has 132 valence electrons. The molecule has 1 fully saturated rings. The van der Waals surface area contributed by atoms with E-state index >= 15 is 0 Å². The summed E-state index contributed by atoms with van der Waals surface area (Å²) in [6, 6.07) is 14.7. The van der Waals surface area contributed by atoms with Crippen LogP contribution in [0.5, 0.6) is 5.75 Å². The van der Waals surface area contributed by atoms with Gasteiger partial charge < -0.3 is 4.90 Å². The van der Waals surface area contributed by atoms with Gasteiger partial charge in [-0.25, -0.2) is 0 Å². The summed E-state index contributed by atoms with van der Waals surface area (Å²) in [6.45, 7) is 4.37. The number of imidazole rings is 1. The molecule has 1 aliphatic heterocycles. The normalized spacial score (nSPS) is 15.8. The van der Waals surface area contributed by atoms with Gasteiger partial charge in [-0.2, -0.15) is 0 Å². The third kappa shape index (κ3) is 3.59. The van der Waals surface area contributed by atoms with Crippen molar-refractivity contribution in [2.24, 2.45) is 0 Å². The first-order valence-corrected chi connectivity index (χ1v) is 11.5. The molecule has 0 unspecified atom stereocenters. The number of benzene rings is 2. The number of alkyl halides is 1.